The molecule has 9 heteroatoms. The zero-order chi connectivity index (χ0) is 19.2. The highest BCUT2D eigenvalue weighted by atomic mass is 16.6. The third-order valence-corrected chi connectivity index (χ3v) is 3.75. The van der Waals surface area contributed by atoms with Crippen LogP contribution >= 0.6 is 0 Å². The molecule has 0 aliphatic rings. The van der Waals surface area contributed by atoms with E-state index in [4.69, 9.17) is 16.3 Å². The van der Waals surface area contributed by atoms with Crippen molar-refractivity contribution >= 4 is 11.7 Å². The number of nitrogens with zero attached hydrogens (tertiary/aromatic N) is 5. The summed E-state index contributed by atoms with van der Waals surface area (Å²) in [4.78, 5) is 9.39. The van der Waals surface area contributed by atoms with Crippen LogP contribution in [-0.2, 0) is 9.68 Å². The van der Waals surface area contributed by atoms with Crippen molar-refractivity contribution in [2.45, 2.75) is 0 Å². The molecule has 0 aliphatic carbocycles. The standard InChI is InChI=1S/C18H19N7O2/c1-26-22-17(19)12-6-8-15(9-7-12)25-11-16(21-24-25)13-4-3-5-14(10-13)18(20)23-27-2/h3-11H,1-2H3,(H2,19,22)(H2,20,23). The number of hydrogen-bond acceptors (Lipinski definition) is 6. The predicted molar refractivity (Wildman–Crippen MR) is 102 cm³/mol. The SMILES string of the molecule is CO/N=C(/N)c1ccc(-n2cc(-c3cccc(/C(N)=N\OC)c3)nn2)cc1. The Balaban J connectivity index is 1.86. The molecule has 0 amide bonds. The molecule has 2 aromatic carbocycles. The van der Waals surface area contributed by atoms with E-state index in [1.807, 2.05) is 54.7 Å². The number of benzene rings is 2. The van der Waals surface area contributed by atoms with Gasteiger partial charge in [-0.05, 0) is 30.3 Å². The van der Waals surface area contributed by atoms with Crippen molar-refractivity contribution in [3.8, 4) is 16.9 Å². The lowest BCUT2D eigenvalue weighted by molar-refractivity contribution is 0.213. The van der Waals surface area contributed by atoms with Crippen LogP contribution in [0.3, 0.4) is 0 Å². The topological polar surface area (TPSA) is 126 Å². The summed E-state index contributed by atoms with van der Waals surface area (Å²) in [5, 5.41) is 15.9. The maximum Gasteiger partial charge on any atom is 0.170 e. The molecule has 27 heavy (non-hydrogen) atoms. The van der Waals surface area contributed by atoms with Crippen LogP contribution in [-0.4, -0.2) is 40.9 Å². The largest absolute Gasteiger partial charge is 0.397 e. The van der Waals surface area contributed by atoms with Gasteiger partial charge >= 0.3 is 0 Å². The molecule has 0 saturated heterocycles. The van der Waals surface area contributed by atoms with Gasteiger partial charge < -0.3 is 21.1 Å². The molecule has 0 unspecified atom stereocenters. The summed E-state index contributed by atoms with van der Waals surface area (Å²) in [7, 11) is 2.89. The summed E-state index contributed by atoms with van der Waals surface area (Å²) < 4.78 is 1.67. The van der Waals surface area contributed by atoms with E-state index in [1.54, 1.807) is 4.68 Å². The maximum atomic E-state index is 5.86. The van der Waals surface area contributed by atoms with Crippen molar-refractivity contribution in [3.63, 3.8) is 0 Å². The van der Waals surface area contributed by atoms with Crippen LogP contribution in [0, 0.1) is 0 Å². The van der Waals surface area contributed by atoms with Crippen molar-refractivity contribution in [1.82, 2.24) is 15.0 Å². The first-order valence-electron chi connectivity index (χ1n) is 7.99. The molecule has 138 valence electrons. The second-order valence-electron chi connectivity index (χ2n) is 5.49. The minimum absolute atomic E-state index is 0.289. The molecule has 3 rings (SSSR count). The average molecular weight is 365 g/mol. The second-order valence-corrected chi connectivity index (χ2v) is 5.49. The van der Waals surface area contributed by atoms with Crippen LogP contribution in [0.5, 0.6) is 0 Å². The minimum Gasteiger partial charge on any atom is -0.397 e. The lowest BCUT2D eigenvalue weighted by atomic mass is 10.1. The minimum atomic E-state index is 0.289. The molecule has 3 aromatic rings. The first-order valence-corrected chi connectivity index (χ1v) is 7.99. The lowest BCUT2D eigenvalue weighted by Gasteiger charge is -2.03. The quantitative estimate of drug-likeness (QED) is 0.387. The average Bonchev–Trinajstić information content (AvgIpc) is 3.19. The fourth-order valence-electron chi connectivity index (χ4n) is 2.45. The summed E-state index contributed by atoms with van der Waals surface area (Å²) in [5.74, 6) is 0.591. The lowest BCUT2D eigenvalue weighted by Crippen LogP contribution is -2.13. The molecular formula is C18H19N7O2. The van der Waals surface area contributed by atoms with E-state index in [9.17, 15) is 0 Å². The Hall–Kier alpha value is -3.88. The molecule has 0 saturated carbocycles. The van der Waals surface area contributed by atoms with E-state index in [0.717, 1.165) is 22.4 Å². The van der Waals surface area contributed by atoms with Gasteiger partial charge in [-0.3, -0.25) is 0 Å². The number of amidine groups is 2. The zero-order valence-corrected chi connectivity index (χ0v) is 14.9. The second kappa shape index (κ2) is 8.00. The fraction of sp³-hybridized carbons (Fsp3) is 0.111. The molecule has 0 atom stereocenters. The van der Waals surface area contributed by atoms with Crippen molar-refractivity contribution in [3.05, 3.63) is 65.9 Å². The number of rotatable bonds is 6. The van der Waals surface area contributed by atoms with Crippen LogP contribution in [0.1, 0.15) is 11.1 Å². The molecule has 0 fully saturated rings. The van der Waals surface area contributed by atoms with E-state index >= 15 is 0 Å². The Morgan fingerprint density at radius 1 is 0.926 bits per heavy atom. The first kappa shape index (κ1) is 17.9. The van der Waals surface area contributed by atoms with E-state index in [2.05, 4.69) is 25.5 Å². The van der Waals surface area contributed by atoms with Gasteiger partial charge in [0.05, 0.1) is 11.9 Å². The number of hydrogen-bond donors (Lipinski definition) is 2. The monoisotopic (exact) mass is 365 g/mol. The molecule has 0 spiro atoms. The van der Waals surface area contributed by atoms with Crippen molar-refractivity contribution in [2.24, 2.45) is 21.8 Å². The summed E-state index contributed by atoms with van der Waals surface area (Å²) in [6.45, 7) is 0. The zero-order valence-electron chi connectivity index (χ0n) is 14.9. The Labute approximate surface area is 155 Å². The van der Waals surface area contributed by atoms with Crippen molar-refractivity contribution in [2.75, 3.05) is 14.2 Å². The highest BCUT2D eigenvalue weighted by Crippen LogP contribution is 2.19. The van der Waals surface area contributed by atoms with Crippen LogP contribution in [0.4, 0.5) is 0 Å². The van der Waals surface area contributed by atoms with Gasteiger partial charge in [0.2, 0.25) is 0 Å². The molecule has 0 radical (unpaired) electrons. The van der Waals surface area contributed by atoms with Gasteiger partial charge in [0, 0.05) is 16.7 Å². The van der Waals surface area contributed by atoms with Crippen LogP contribution in [0.25, 0.3) is 16.9 Å². The van der Waals surface area contributed by atoms with Gasteiger partial charge in [-0.1, -0.05) is 33.7 Å². The van der Waals surface area contributed by atoms with E-state index in [-0.39, 0.29) is 5.84 Å². The van der Waals surface area contributed by atoms with Crippen LogP contribution in [0.15, 0.2) is 65.0 Å². The van der Waals surface area contributed by atoms with Gasteiger partial charge in [0.1, 0.15) is 19.9 Å². The van der Waals surface area contributed by atoms with Crippen molar-refractivity contribution in [1.29, 1.82) is 0 Å². The number of aromatic nitrogens is 3. The van der Waals surface area contributed by atoms with Gasteiger partial charge in [-0.15, -0.1) is 5.10 Å². The molecule has 0 aliphatic heterocycles. The molecule has 4 N–H and O–H groups in total. The molecule has 0 bridgehead atoms. The van der Waals surface area contributed by atoms with Gasteiger partial charge in [-0.2, -0.15) is 0 Å². The number of nitrogens with two attached hydrogens (primary N) is 2. The molecular weight excluding hydrogens is 346 g/mol. The smallest absolute Gasteiger partial charge is 0.170 e. The highest BCUT2D eigenvalue weighted by Gasteiger charge is 2.08. The molecule has 9 nitrogen and oxygen atoms in total. The summed E-state index contributed by atoms with van der Waals surface area (Å²) >= 11 is 0. The summed E-state index contributed by atoms with van der Waals surface area (Å²) in [6.07, 6.45) is 1.82. The van der Waals surface area contributed by atoms with E-state index in [1.165, 1.54) is 14.2 Å². The third kappa shape index (κ3) is 4.03. The first-order chi connectivity index (χ1) is 13.1. The predicted octanol–water partition coefficient (Wildman–Crippen LogP) is 1.47. The van der Waals surface area contributed by atoms with E-state index in [0.29, 0.717) is 11.5 Å². The fourth-order valence-corrected chi connectivity index (χ4v) is 2.45. The normalized spacial score (nSPS) is 12.1. The summed E-state index contributed by atoms with van der Waals surface area (Å²) in [5.41, 5.74) is 15.5. The highest BCUT2D eigenvalue weighted by molar-refractivity contribution is 5.98. The van der Waals surface area contributed by atoms with Gasteiger partial charge in [-0.25, -0.2) is 4.68 Å². The Morgan fingerprint density at radius 3 is 2.26 bits per heavy atom. The third-order valence-electron chi connectivity index (χ3n) is 3.75. The van der Waals surface area contributed by atoms with Gasteiger partial charge in [0.15, 0.2) is 11.7 Å². The van der Waals surface area contributed by atoms with Crippen LogP contribution in [0.2, 0.25) is 0 Å². The van der Waals surface area contributed by atoms with Crippen molar-refractivity contribution < 1.29 is 9.68 Å². The maximum absolute atomic E-state index is 5.86. The number of oxime groups is 2. The Kier molecular flexibility index (Phi) is 5.31. The Morgan fingerprint density at radius 2 is 1.59 bits per heavy atom. The molecule has 1 heterocycles. The van der Waals surface area contributed by atoms with Gasteiger partial charge in [0.25, 0.3) is 0 Å². The summed E-state index contributed by atoms with van der Waals surface area (Å²) in [6, 6.07) is 14.9. The Bertz CT molecular complexity index is 977. The van der Waals surface area contributed by atoms with E-state index < -0.39 is 0 Å². The van der Waals surface area contributed by atoms with Crippen LogP contribution < -0.4 is 11.5 Å². The molecule has 1 aromatic heterocycles.